The van der Waals surface area contributed by atoms with Gasteiger partial charge in [-0.15, -0.1) is 10.2 Å². The number of aromatic hydroxyl groups is 1. The number of ether oxygens (including phenoxy) is 1. The van der Waals surface area contributed by atoms with Crippen LogP contribution in [0.1, 0.15) is 70.8 Å². The number of carbonyl (C=O) groups excluding carboxylic acids is 1. The van der Waals surface area contributed by atoms with Crippen LogP contribution < -0.4 is 11.1 Å². The molecule has 1 saturated heterocycles. The summed E-state index contributed by atoms with van der Waals surface area (Å²) in [4.78, 5) is 14.8. The molecule has 4 N–H and O–H groups in total. The van der Waals surface area contributed by atoms with Crippen molar-refractivity contribution >= 4 is 11.9 Å². The van der Waals surface area contributed by atoms with Gasteiger partial charge in [0.2, 0.25) is 0 Å². The van der Waals surface area contributed by atoms with Crippen LogP contribution >= 0.6 is 0 Å². The maximum absolute atomic E-state index is 12.1. The number of nitrogen functional groups attached to an aromatic ring is 1. The van der Waals surface area contributed by atoms with E-state index < -0.39 is 5.60 Å². The van der Waals surface area contributed by atoms with Crippen molar-refractivity contribution in [2.75, 3.05) is 18.8 Å². The number of hydrogen-bond donors (Lipinski definition) is 3. The highest BCUT2D eigenvalue weighted by Crippen LogP contribution is 2.35. The quantitative estimate of drug-likeness (QED) is 0.356. The number of nitrogens with two attached hydrogens (primary N) is 1. The maximum atomic E-state index is 12.1. The van der Waals surface area contributed by atoms with Gasteiger partial charge in [0.1, 0.15) is 11.4 Å². The van der Waals surface area contributed by atoms with E-state index in [2.05, 4.69) is 44.7 Å². The number of benzene rings is 2. The molecule has 2 fully saturated rings. The number of piperidine rings is 1. The fourth-order valence-corrected chi connectivity index (χ4v) is 6.05. The molecule has 1 saturated carbocycles. The van der Waals surface area contributed by atoms with Crippen LogP contribution in [0.2, 0.25) is 0 Å². The van der Waals surface area contributed by atoms with Gasteiger partial charge < -0.3 is 25.8 Å². The summed E-state index contributed by atoms with van der Waals surface area (Å²) in [6.07, 6.45) is 6.22. The summed E-state index contributed by atoms with van der Waals surface area (Å²) in [5.41, 5.74) is 10.1. The van der Waals surface area contributed by atoms with Crippen molar-refractivity contribution in [1.29, 1.82) is 0 Å². The minimum absolute atomic E-state index is 0.166. The van der Waals surface area contributed by atoms with E-state index in [0.29, 0.717) is 29.0 Å². The van der Waals surface area contributed by atoms with Crippen LogP contribution in [0, 0.1) is 0 Å². The van der Waals surface area contributed by atoms with E-state index in [-0.39, 0.29) is 17.9 Å². The second-order valence-corrected chi connectivity index (χ2v) is 12.1. The highest BCUT2D eigenvalue weighted by molar-refractivity contribution is 5.79. The Morgan fingerprint density at radius 2 is 1.62 bits per heavy atom. The van der Waals surface area contributed by atoms with Crippen molar-refractivity contribution < 1.29 is 14.6 Å². The number of aromatic nitrogens is 2. The molecule has 1 aliphatic carbocycles. The molecule has 2 heterocycles. The summed E-state index contributed by atoms with van der Waals surface area (Å²) in [7, 11) is 0. The lowest BCUT2D eigenvalue weighted by molar-refractivity contribution is 0.0470. The third-order valence-electron chi connectivity index (χ3n) is 8.16. The van der Waals surface area contributed by atoms with Gasteiger partial charge in [-0.2, -0.15) is 0 Å². The molecule has 0 unspecified atom stereocenters. The molecule has 1 amide bonds. The standard InChI is InChI=1S/C32H41N5O3/c1-32(2,3)40-31(39)34-24-12-14-25(15-13-24)37-18-16-22(17-19-37)21-8-10-23(11-9-21)27-20-28(35-36-30(27)33)26-6-4-5-7-29(26)38/h4-11,20,22,24-25,38H,12-19H2,1-3H3,(H2,33,36)(H,34,39). The summed E-state index contributed by atoms with van der Waals surface area (Å²) in [6, 6.07) is 18.5. The Labute approximate surface area is 236 Å². The van der Waals surface area contributed by atoms with Crippen LogP contribution in [-0.4, -0.2) is 57.1 Å². The Balaban J connectivity index is 1.14. The molecule has 1 aliphatic heterocycles. The number of amides is 1. The van der Waals surface area contributed by atoms with Crippen molar-refractivity contribution in [2.24, 2.45) is 0 Å². The largest absolute Gasteiger partial charge is 0.507 e. The Hall–Kier alpha value is -3.65. The number of nitrogens with zero attached hydrogens (tertiary/aromatic N) is 3. The first-order valence-corrected chi connectivity index (χ1v) is 14.4. The van der Waals surface area contributed by atoms with Crippen LogP contribution in [0.25, 0.3) is 22.4 Å². The molecule has 0 atom stereocenters. The number of nitrogens with one attached hydrogen (secondary N) is 1. The van der Waals surface area contributed by atoms with Crippen molar-refractivity contribution in [3.63, 3.8) is 0 Å². The molecule has 8 nitrogen and oxygen atoms in total. The third-order valence-corrected chi connectivity index (χ3v) is 8.16. The normalized spacial score (nSPS) is 20.7. The average Bonchev–Trinajstić information content (AvgIpc) is 2.93. The lowest BCUT2D eigenvalue weighted by Crippen LogP contribution is -2.47. The summed E-state index contributed by atoms with van der Waals surface area (Å²) in [6.45, 7) is 7.89. The number of carbonyl (C=O) groups is 1. The van der Waals surface area contributed by atoms with Gasteiger partial charge in [0.05, 0.1) is 5.69 Å². The van der Waals surface area contributed by atoms with Crippen molar-refractivity contribution in [3.8, 4) is 28.1 Å². The van der Waals surface area contributed by atoms with E-state index in [1.54, 1.807) is 12.1 Å². The highest BCUT2D eigenvalue weighted by Gasteiger charge is 2.30. The number of phenolic OH excluding ortho intramolecular Hbond substituents is 1. The van der Waals surface area contributed by atoms with Gasteiger partial charge in [-0.25, -0.2) is 4.79 Å². The smallest absolute Gasteiger partial charge is 0.407 e. The van der Waals surface area contributed by atoms with Crippen molar-refractivity contribution in [3.05, 3.63) is 60.2 Å². The molecule has 0 spiro atoms. The van der Waals surface area contributed by atoms with Crippen LogP contribution in [0.4, 0.5) is 10.6 Å². The topological polar surface area (TPSA) is 114 Å². The first kappa shape index (κ1) is 27.9. The minimum atomic E-state index is -0.466. The number of para-hydroxylation sites is 1. The average molecular weight is 544 g/mol. The Kier molecular flexibility index (Phi) is 8.26. The molecular weight excluding hydrogens is 502 g/mol. The van der Waals surface area contributed by atoms with Gasteiger partial charge in [0.15, 0.2) is 5.82 Å². The Morgan fingerprint density at radius 1 is 0.950 bits per heavy atom. The number of rotatable bonds is 5. The predicted molar refractivity (Wildman–Crippen MR) is 158 cm³/mol. The molecule has 0 bridgehead atoms. The van der Waals surface area contributed by atoms with Gasteiger partial charge in [-0.3, -0.25) is 0 Å². The fraction of sp³-hybridized carbons (Fsp3) is 0.469. The first-order valence-electron chi connectivity index (χ1n) is 14.4. The van der Waals surface area contributed by atoms with Crippen LogP contribution in [0.15, 0.2) is 54.6 Å². The van der Waals surface area contributed by atoms with Crippen LogP contribution in [-0.2, 0) is 4.74 Å². The van der Waals surface area contributed by atoms with Gasteiger partial charge in [-0.05, 0) is 108 Å². The maximum Gasteiger partial charge on any atom is 0.407 e. The molecule has 3 aromatic rings. The van der Waals surface area contributed by atoms with E-state index in [4.69, 9.17) is 10.5 Å². The summed E-state index contributed by atoms with van der Waals surface area (Å²) < 4.78 is 5.42. The van der Waals surface area contributed by atoms with Gasteiger partial charge in [-0.1, -0.05) is 36.4 Å². The van der Waals surface area contributed by atoms with Crippen molar-refractivity contribution in [1.82, 2.24) is 20.4 Å². The molecule has 1 aromatic heterocycles. The molecular formula is C32H41N5O3. The number of phenols is 1. The summed E-state index contributed by atoms with van der Waals surface area (Å²) >= 11 is 0. The van der Waals surface area contributed by atoms with E-state index in [1.807, 2.05) is 39.0 Å². The van der Waals surface area contributed by atoms with E-state index in [1.165, 1.54) is 5.56 Å². The monoisotopic (exact) mass is 543 g/mol. The summed E-state index contributed by atoms with van der Waals surface area (Å²) in [5.74, 6) is 1.08. The highest BCUT2D eigenvalue weighted by atomic mass is 16.6. The minimum Gasteiger partial charge on any atom is -0.507 e. The predicted octanol–water partition coefficient (Wildman–Crippen LogP) is 6.11. The molecule has 40 heavy (non-hydrogen) atoms. The Morgan fingerprint density at radius 3 is 2.27 bits per heavy atom. The van der Waals surface area contributed by atoms with Gasteiger partial charge >= 0.3 is 6.09 Å². The molecule has 2 aromatic carbocycles. The zero-order chi connectivity index (χ0) is 28.3. The second kappa shape index (κ2) is 11.8. The number of hydrogen-bond acceptors (Lipinski definition) is 7. The third kappa shape index (κ3) is 6.73. The van der Waals surface area contributed by atoms with E-state index in [9.17, 15) is 9.90 Å². The van der Waals surface area contributed by atoms with Crippen LogP contribution in [0.3, 0.4) is 0 Å². The molecule has 5 rings (SSSR count). The van der Waals surface area contributed by atoms with E-state index in [0.717, 1.165) is 62.7 Å². The first-order chi connectivity index (χ1) is 19.2. The van der Waals surface area contributed by atoms with Gasteiger partial charge in [0, 0.05) is 23.2 Å². The van der Waals surface area contributed by atoms with Crippen LogP contribution in [0.5, 0.6) is 5.75 Å². The molecule has 8 heteroatoms. The lowest BCUT2D eigenvalue weighted by Gasteiger charge is -2.41. The zero-order valence-electron chi connectivity index (χ0n) is 23.8. The number of alkyl carbamates (subject to hydrolysis) is 1. The number of likely N-dealkylation sites (tertiary alicyclic amines) is 1. The SMILES string of the molecule is CC(C)(C)OC(=O)NC1CCC(N2CCC(c3ccc(-c4cc(-c5ccccc5O)nnc4N)cc3)CC2)CC1. The molecule has 2 aliphatic rings. The van der Waals surface area contributed by atoms with E-state index >= 15 is 0 Å². The van der Waals surface area contributed by atoms with Crippen molar-refractivity contribution in [2.45, 2.75) is 82.9 Å². The molecule has 0 radical (unpaired) electrons. The lowest BCUT2D eigenvalue weighted by atomic mass is 9.85. The summed E-state index contributed by atoms with van der Waals surface area (Å²) in [5, 5.41) is 21.6. The second-order valence-electron chi connectivity index (χ2n) is 12.1. The molecule has 212 valence electrons. The zero-order valence-corrected chi connectivity index (χ0v) is 23.8. The number of anilines is 1. The van der Waals surface area contributed by atoms with Gasteiger partial charge in [0.25, 0.3) is 0 Å². The fourth-order valence-electron chi connectivity index (χ4n) is 6.05. The Bertz CT molecular complexity index is 1300.